The van der Waals surface area contributed by atoms with Crippen molar-refractivity contribution in [3.63, 3.8) is 0 Å². The molecule has 0 radical (unpaired) electrons. The van der Waals surface area contributed by atoms with E-state index in [-0.39, 0.29) is 6.04 Å². The number of nitrogen functional groups attached to an aromatic ring is 1. The van der Waals surface area contributed by atoms with Gasteiger partial charge < -0.3 is 20.6 Å². The second kappa shape index (κ2) is 7.14. The molecule has 0 aliphatic rings. The smallest absolute Gasteiger partial charge is 0.166 e. The summed E-state index contributed by atoms with van der Waals surface area (Å²) < 4.78 is 2.11. The molecule has 3 heterocycles. The van der Waals surface area contributed by atoms with Crippen LogP contribution in [0, 0.1) is 0 Å². The van der Waals surface area contributed by atoms with Crippen LogP contribution in [0.3, 0.4) is 0 Å². The first-order valence-corrected chi connectivity index (χ1v) is 9.86. The van der Waals surface area contributed by atoms with E-state index in [1.165, 1.54) is 0 Å². The van der Waals surface area contributed by atoms with Crippen molar-refractivity contribution in [2.45, 2.75) is 26.4 Å². The predicted octanol–water partition coefficient (Wildman–Crippen LogP) is 4.14. The van der Waals surface area contributed by atoms with E-state index in [9.17, 15) is 0 Å². The molecule has 4 N–H and O–H groups in total. The molecule has 150 valence electrons. The topological polar surface area (TPSA) is 110 Å². The van der Waals surface area contributed by atoms with E-state index in [0.29, 0.717) is 18.1 Å². The molecule has 3 aromatic heterocycles. The molecule has 30 heavy (non-hydrogen) atoms. The number of hydrogen-bond acceptors (Lipinski definition) is 6. The Bertz CT molecular complexity index is 1320. The molecule has 0 saturated carbocycles. The monoisotopic (exact) mass is 398 g/mol. The number of nitrogens with zero attached hydrogens (tertiary/aromatic N) is 5. The van der Waals surface area contributed by atoms with Crippen LogP contribution in [0.4, 0.5) is 11.5 Å². The van der Waals surface area contributed by atoms with E-state index in [2.05, 4.69) is 43.7 Å². The lowest BCUT2D eigenvalue weighted by atomic mass is 10.2. The molecule has 8 nitrogen and oxygen atoms in total. The number of rotatable bonds is 5. The van der Waals surface area contributed by atoms with Gasteiger partial charge in [-0.25, -0.2) is 19.9 Å². The second-order valence-electron chi connectivity index (χ2n) is 7.47. The molecule has 2 aromatic carbocycles. The number of imidazole rings is 2. The third-order valence-electron chi connectivity index (χ3n) is 5.00. The van der Waals surface area contributed by atoms with E-state index in [1.54, 1.807) is 6.33 Å². The molecule has 0 unspecified atom stereocenters. The van der Waals surface area contributed by atoms with Crippen molar-refractivity contribution < 1.29 is 0 Å². The number of benzene rings is 2. The number of H-pyrrole nitrogens is 1. The summed E-state index contributed by atoms with van der Waals surface area (Å²) >= 11 is 0. The first-order chi connectivity index (χ1) is 14.6. The van der Waals surface area contributed by atoms with Crippen molar-refractivity contribution in [2.24, 2.45) is 0 Å². The maximum Gasteiger partial charge on any atom is 0.166 e. The summed E-state index contributed by atoms with van der Waals surface area (Å²) in [4.78, 5) is 21.8. The van der Waals surface area contributed by atoms with E-state index in [4.69, 9.17) is 10.7 Å². The number of hydrogen-bond donors (Lipinski definition) is 3. The average Bonchev–Trinajstić information content (AvgIpc) is 3.33. The number of nitrogens with two attached hydrogens (primary N) is 1. The minimum absolute atomic E-state index is 0.171. The van der Waals surface area contributed by atoms with E-state index in [1.807, 2.05) is 48.5 Å². The summed E-state index contributed by atoms with van der Waals surface area (Å²) in [5.74, 6) is 2.33. The highest BCUT2D eigenvalue weighted by atomic mass is 15.2. The lowest BCUT2D eigenvalue weighted by Crippen LogP contribution is -2.06. The Kier molecular flexibility index (Phi) is 4.31. The summed E-state index contributed by atoms with van der Waals surface area (Å²) in [5, 5.41) is 3.36. The fraction of sp³-hybridized carbons (Fsp3) is 0.182. The van der Waals surface area contributed by atoms with Gasteiger partial charge in [0, 0.05) is 17.3 Å². The summed E-state index contributed by atoms with van der Waals surface area (Å²) in [6.45, 7) is 4.73. The number of nitrogens with one attached hydrogen (secondary N) is 2. The quantitative estimate of drug-likeness (QED) is 0.384. The molecule has 0 atom stereocenters. The molecule has 0 aliphatic heterocycles. The molecule has 0 fully saturated rings. The standard InChI is InChI=1S/C22H22N8/c1-13(2)30-21(14-6-5-7-15(23)10-14)29-19-20(25-12-26-22(19)30)24-11-18-27-16-8-3-4-9-17(16)28-18/h3-10,12-13H,11,23H2,1-2H3,(H,27,28)(H,24,25,26). The average molecular weight is 398 g/mol. The van der Waals surface area contributed by atoms with Crippen LogP contribution in [0.15, 0.2) is 54.9 Å². The molecule has 5 aromatic rings. The maximum absolute atomic E-state index is 6.00. The Hall–Kier alpha value is -3.94. The van der Waals surface area contributed by atoms with Crippen molar-refractivity contribution in [2.75, 3.05) is 11.1 Å². The SMILES string of the molecule is CC(C)n1c(-c2cccc(N)c2)nc2c(NCc3nc4ccccc4[nH]3)ncnc21. The van der Waals surface area contributed by atoms with Gasteiger partial charge in [0.2, 0.25) is 0 Å². The van der Waals surface area contributed by atoms with Crippen LogP contribution in [0.25, 0.3) is 33.6 Å². The Morgan fingerprint density at radius 3 is 2.73 bits per heavy atom. The molecule has 0 saturated heterocycles. The van der Waals surface area contributed by atoms with Gasteiger partial charge in [-0.3, -0.25) is 0 Å². The van der Waals surface area contributed by atoms with Gasteiger partial charge in [0.25, 0.3) is 0 Å². The largest absolute Gasteiger partial charge is 0.399 e. The Labute approximate surface area is 173 Å². The summed E-state index contributed by atoms with van der Waals surface area (Å²) in [7, 11) is 0. The van der Waals surface area contributed by atoms with Crippen LogP contribution in [0.5, 0.6) is 0 Å². The molecule has 5 rings (SSSR count). The predicted molar refractivity (Wildman–Crippen MR) is 119 cm³/mol. The van der Waals surface area contributed by atoms with Gasteiger partial charge in [-0.2, -0.15) is 0 Å². The summed E-state index contributed by atoms with van der Waals surface area (Å²) in [6.07, 6.45) is 1.56. The van der Waals surface area contributed by atoms with Gasteiger partial charge in [0.15, 0.2) is 17.0 Å². The molecule has 0 amide bonds. The fourth-order valence-electron chi connectivity index (χ4n) is 3.67. The number of fused-ring (bicyclic) bond motifs is 2. The highest BCUT2D eigenvalue weighted by Gasteiger charge is 2.19. The molecular weight excluding hydrogens is 376 g/mol. The third kappa shape index (κ3) is 3.12. The Morgan fingerprint density at radius 2 is 1.93 bits per heavy atom. The lowest BCUT2D eigenvalue weighted by molar-refractivity contribution is 0.619. The zero-order valence-corrected chi connectivity index (χ0v) is 16.8. The highest BCUT2D eigenvalue weighted by Crippen LogP contribution is 2.30. The van der Waals surface area contributed by atoms with Gasteiger partial charge in [-0.1, -0.05) is 24.3 Å². The van der Waals surface area contributed by atoms with Crippen LogP contribution in [-0.2, 0) is 6.54 Å². The maximum atomic E-state index is 6.00. The van der Waals surface area contributed by atoms with Crippen LogP contribution >= 0.6 is 0 Å². The van der Waals surface area contributed by atoms with Gasteiger partial charge >= 0.3 is 0 Å². The molecule has 8 heteroatoms. The van der Waals surface area contributed by atoms with Crippen LogP contribution in [0.1, 0.15) is 25.7 Å². The van der Waals surface area contributed by atoms with Gasteiger partial charge in [-0.15, -0.1) is 0 Å². The van der Waals surface area contributed by atoms with Crippen molar-refractivity contribution in [1.82, 2.24) is 29.5 Å². The zero-order chi connectivity index (χ0) is 20.7. The minimum atomic E-state index is 0.171. The van der Waals surface area contributed by atoms with E-state index < -0.39 is 0 Å². The molecule has 0 bridgehead atoms. The van der Waals surface area contributed by atoms with Crippen LogP contribution in [-0.4, -0.2) is 29.5 Å². The normalized spacial score (nSPS) is 11.6. The zero-order valence-electron chi connectivity index (χ0n) is 16.8. The Morgan fingerprint density at radius 1 is 1.07 bits per heavy atom. The van der Waals surface area contributed by atoms with Crippen LogP contribution in [0.2, 0.25) is 0 Å². The highest BCUT2D eigenvalue weighted by molar-refractivity contribution is 5.86. The molecule has 0 aliphatic carbocycles. The number of aromatic amines is 1. The second-order valence-corrected chi connectivity index (χ2v) is 7.47. The molecular formula is C22H22N8. The van der Waals surface area contributed by atoms with Crippen molar-refractivity contribution in [1.29, 1.82) is 0 Å². The van der Waals surface area contributed by atoms with Crippen molar-refractivity contribution in [3.05, 3.63) is 60.7 Å². The lowest BCUT2D eigenvalue weighted by Gasteiger charge is -2.12. The van der Waals surface area contributed by atoms with Gasteiger partial charge in [0.1, 0.15) is 18.0 Å². The van der Waals surface area contributed by atoms with Crippen molar-refractivity contribution >= 4 is 33.7 Å². The fourth-order valence-corrected chi connectivity index (χ4v) is 3.67. The van der Waals surface area contributed by atoms with Crippen LogP contribution < -0.4 is 11.1 Å². The minimum Gasteiger partial charge on any atom is -0.399 e. The summed E-state index contributed by atoms with van der Waals surface area (Å²) in [6, 6.07) is 15.9. The van der Waals surface area contributed by atoms with Crippen molar-refractivity contribution in [3.8, 4) is 11.4 Å². The van der Waals surface area contributed by atoms with E-state index in [0.717, 1.165) is 39.4 Å². The molecule has 0 spiro atoms. The third-order valence-corrected chi connectivity index (χ3v) is 5.00. The first kappa shape index (κ1) is 18.1. The first-order valence-electron chi connectivity index (χ1n) is 9.86. The Balaban J connectivity index is 1.55. The number of aromatic nitrogens is 6. The summed E-state index contributed by atoms with van der Waals surface area (Å²) in [5.41, 5.74) is 11.1. The van der Waals surface area contributed by atoms with E-state index >= 15 is 0 Å². The van der Waals surface area contributed by atoms with Gasteiger partial charge in [-0.05, 0) is 38.1 Å². The number of para-hydroxylation sites is 2. The number of anilines is 2. The van der Waals surface area contributed by atoms with Gasteiger partial charge in [0.05, 0.1) is 17.6 Å².